The van der Waals surface area contributed by atoms with Crippen LogP contribution in [0, 0.1) is 12.3 Å². The van der Waals surface area contributed by atoms with Crippen molar-refractivity contribution in [2.45, 2.75) is 6.54 Å². The van der Waals surface area contributed by atoms with Crippen molar-refractivity contribution < 1.29 is 4.79 Å². The Labute approximate surface area is 89.8 Å². The van der Waals surface area contributed by atoms with Crippen LogP contribution in [0.2, 0.25) is 8.67 Å². The Morgan fingerprint density at radius 2 is 2.38 bits per heavy atom. The van der Waals surface area contributed by atoms with E-state index in [1.165, 1.54) is 11.3 Å². The summed E-state index contributed by atoms with van der Waals surface area (Å²) in [5.41, 5.74) is 0.778. The Balaban J connectivity index is 2.60. The van der Waals surface area contributed by atoms with Crippen LogP contribution in [-0.4, -0.2) is 5.91 Å². The third kappa shape index (κ3) is 2.92. The largest absolute Gasteiger partial charge is 0.341 e. The fourth-order valence-electron chi connectivity index (χ4n) is 0.721. The van der Waals surface area contributed by atoms with E-state index in [1.807, 2.05) is 5.92 Å². The highest BCUT2D eigenvalue weighted by molar-refractivity contribution is 7.20. The standard InChI is InChI=1S/C8H5Cl2NOS/c1-2-7(12)11-4-5-3-6(9)13-8(5)10/h1,3H,4H2,(H,11,12). The number of rotatable bonds is 2. The minimum Gasteiger partial charge on any atom is -0.341 e. The van der Waals surface area contributed by atoms with Crippen LogP contribution in [0.15, 0.2) is 6.07 Å². The molecule has 5 heteroatoms. The van der Waals surface area contributed by atoms with Crippen LogP contribution in [0.4, 0.5) is 0 Å². The molecule has 1 heterocycles. The van der Waals surface area contributed by atoms with Crippen molar-refractivity contribution in [2.24, 2.45) is 0 Å². The van der Waals surface area contributed by atoms with Crippen molar-refractivity contribution in [1.82, 2.24) is 5.32 Å². The molecule has 1 rings (SSSR count). The van der Waals surface area contributed by atoms with E-state index >= 15 is 0 Å². The number of thiophene rings is 1. The average molecular weight is 234 g/mol. The Morgan fingerprint density at radius 3 is 2.85 bits per heavy atom. The maximum atomic E-state index is 10.7. The summed E-state index contributed by atoms with van der Waals surface area (Å²) >= 11 is 12.8. The quantitative estimate of drug-likeness (QED) is 0.781. The number of hydrogen-bond acceptors (Lipinski definition) is 2. The zero-order valence-corrected chi connectivity index (χ0v) is 8.76. The normalized spacial score (nSPS) is 9.31. The highest BCUT2D eigenvalue weighted by Gasteiger charge is 2.05. The molecule has 68 valence electrons. The number of hydrogen-bond donors (Lipinski definition) is 1. The Kier molecular flexibility index (Phi) is 3.61. The van der Waals surface area contributed by atoms with E-state index in [-0.39, 0.29) is 0 Å². The number of carbonyl (C=O) groups excluding carboxylic acids is 1. The molecule has 1 N–H and O–H groups in total. The first-order chi connectivity index (χ1) is 6.13. The average Bonchev–Trinajstić information content (AvgIpc) is 2.41. The fourth-order valence-corrected chi connectivity index (χ4v) is 2.21. The molecule has 1 aromatic rings. The summed E-state index contributed by atoms with van der Waals surface area (Å²) in [7, 11) is 0. The van der Waals surface area contributed by atoms with E-state index in [9.17, 15) is 4.79 Å². The van der Waals surface area contributed by atoms with E-state index in [0.717, 1.165) is 5.56 Å². The van der Waals surface area contributed by atoms with Gasteiger partial charge in [-0.1, -0.05) is 23.2 Å². The molecule has 0 saturated carbocycles. The van der Waals surface area contributed by atoms with E-state index < -0.39 is 5.91 Å². The number of terminal acetylenes is 1. The first kappa shape index (κ1) is 10.4. The Bertz CT molecular complexity index is 367. The van der Waals surface area contributed by atoms with Gasteiger partial charge >= 0.3 is 0 Å². The van der Waals surface area contributed by atoms with Gasteiger partial charge in [0.2, 0.25) is 0 Å². The lowest BCUT2D eigenvalue weighted by atomic mass is 10.3. The van der Waals surface area contributed by atoms with Crippen molar-refractivity contribution in [3.05, 3.63) is 20.3 Å². The zero-order valence-electron chi connectivity index (χ0n) is 6.43. The second kappa shape index (κ2) is 4.52. The van der Waals surface area contributed by atoms with Gasteiger partial charge in [0, 0.05) is 12.1 Å². The second-order valence-corrected chi connectivity index (χ2v) is 4.46. The summed E-state index contributed by atoms with van der Waals surface area (Å²) in [5.74, 6) is 1.48. The van der Waals surface area contributed by atoms with Gasteiger partial charge in [0.05, 0.1) is 8.67 Å². The lowest BCUT2D eigenvalue weighted by Gasteiger charge is -1.97. The van der Waals surface area contributed by atoms with Gasteiger partial charge in [0.1, 0.15) is 0 Å². The van der Waals surface area contributed by atoms with Gasteiger partial charge in [-0.3, -0.25) is 4.79 Å². The molecule has 0 aliphatic rings. The van der Waals surface area contributed by atoms with Crippen molar-refractivity contribution in [2.75, 3.05) is 0 Å². The van der Waals surface area contributed by atoms with Crippen LogP contribution >= 0.6 is 34.5 Å². The lowest BCUT2D eigenvalue weighted by Crippen LogP contribution is -2.20. The molecule has 1 aromatic heterocycles. The van der Waals surface area contributed by atoms with Gasteiger partial charge in [-0.25, -0.2) is 0 Å². The van der Waals surface area contributed by atoms with E-state index in [0.29, 0.717) is 15.2 Å². The van der Waals surface area contributed by atoms with Crippen LogP contribution in [-0.2, 0) is 11.3 Å². The summed E-state index contributed by atoms with van der Waals surface area (Å²) in [6, 6.07) is 1.70. The smallest absolute Gasteiger partial charge is 0.295 e. The Morgan fingerprint density at radius 1 is 1.69 bits per heavy atom. The molecule has 0 bridgehead atoms. The minimum absolute atomic E-state index is 0.311. The molecule has 0 spiro atoms. The van der Waals surface area contributed by atoms with Gasteiger partial charge in [0.15, 0.2) is 0 Å². The molecular formula is C8H5Cl2NOS. The molecule has 0 radical (unpaired) electrons. The molecule has 1 amide bonds. The van der Waals surface area contributed by atoms with E-state index in [4.69, 9.17) is 29.6 Å². The van der Waals surface area contributed by atoms with Gasteiger partial charge in [0.25, 0.3) is 5.91 Å². The monoisotopic (exact) mass is 233 g/mol. The number of halogens is 2. The second-order valence-electron chi connectivity index (χ2n) is 2.18. The van der Waals surface area contributed by atoms with E-state index in [2.05, 4.69) is 5.32 Å². The summed E-state index contributed by atoms with van der Waals surface area (Å²) in [6.45, 7) is 0.311. The van der Waals surface area contributed by atoms with E-state index in [1.54, 1.807) is 6.07 Å². The lowest BCUT2D eigenvalue weighted by molar-refractivity contribution is -0.115. The zero-order chi connectivity index (χ0) is 9.84. The molecule has 13 heavy (non-hydrogen) atoms. The molecular weight excluding hydrogens is 229 g/mol. The highest BCUT2D eigenvalue weighted by atomic mass is 35.5. The number of carbonyl (C=O) groups is 1. The summed E-state index contributed by atoms with van der Waals surface area (Å²) < 4.78 is 1.16. The third-order valence-corrected chi connectivity index (χ3v) is 2.87. The fraction of sp³-hybridized carbons (Fsp3) is 0.125. The molecule has 0 aliphatic heterocycles. The van der Waals surface area contributed by atoms with Crippen molar-refractivity contribution in [1.29, 1.82) is 0 Å². The van der Waals surface area contributed by atoms with Gasteiger partial charge < -0.3 is 5.32 Å². The minimum atomic E-state index is -0.460. The highest BCUT2D eigenvalue weighted by Crippen LogP contribution is 2.30. The van der Waals surface area contributed by atoms with Gasteiger partial charge in [-0.15, -0.1) is 17.8 Å². The molecule has 0 aromatic carbocycles. The summed E-state index contributed by atoms with van der Waals surface area (Å²) in [4.78, 5) is 10.7. The molecule has 0 unspecified atom stereocenters. The summed E-state index contributed by atoms with van der Waals surface area (Å²) in [5, 5.41) is 2.49. The van der Waals surface area contributed by atoms with Crippen molar-refractivity contribution in [3.63, 3.8) is 0 Å². The van der Waals surface area contributed by atoms with Crippen LogP contribution in [0.25, 0.3) is 0 Å². The van der Waals surface area contributed by atoms with Crippen molar-refractivity contribution >= 4 is 40.4 Å². The van der Waals surface area contributed by atoms with Crippen molar-refractivity contribution in [3.8, 4) is 12.3 Å². The molecule has 2 nitrogen and oxygen atoms in total. The van der Waals surface area contributed by atoms with Gasteiger partial charge in [-0.05, 0) is 12.0 Å². The first-order valence-electron chi connectivity index (χ1n) is 3.31. The van der Waals surface area contributed by atoms with Gasteiger partial charge in [-0.2, -0.15) is 0 Å². The first-order valence-corrected chi connectivity index (χ1v) is 4.89. The van der Waals surface area contributed by atoms with Crippen LogP contribution < -0.4 is 5.32 Å². The topological polar surface area (TPSA) is 29.1 Å². The SMILES string of the molecule is C#CC(=O)NCc1cc(Cl)sc1Cl. The predicted molar refractivity (Wildman–Crippen MR) is 55.0 cm³/mol. The molecule has 0 fully saturated rings. The predicted octanol–water partition coefficient (Wildman–Crippen LogP) is 2.30. The van der Waals surface area contributed by atoms with Crippen LogP contribution in [0.3, 0.4) is 0 Å². The summed E-state index contributed by atoms with van der Waals surface area (Å²) in [6.07, 6.45) is 4.86. The third-order valence-electron chi connectivity index (χ3n) is 1.30. The Hall–Kier alpha value is -0.690. The number of amides is 1. The number of nitrogens with one attached hydrogen (secondary N) is 1. The maximum Gasteiger partial charge on any atom is 0.295 e. The molecule has 0 aliphatic carbocycles. The van der Waals surface area contributed by atoms with Crippen LogP contribution in [0.5, 0.6) is 0 Å². The molecule has 0 atom stereocenters. The molecule has 0 saturated heterocycles. The van der Waals surface area contributed by atoms with Crippen LogP contribution in [0.1, 0.15) is 5.56 Å². The maximum absolute atomic E-state index is 10.7.